The van der Waals surface area contributed by atoms with Crippen molar-refractivity contribution in [3.63, 3.8) is 0 Å². The van der Waals surface area contributed by atoms with Crippen molar-refractivity contribution < 1.29 is 5.21 Å². The number of hydrogen-bond donors (Lipinski definition) is 4. The molecule has 96 valence electrons. The van der Waals surface area contributed by atoms with Gasteiger partial charge in [-0.3, -0.25) is 0 Å². The molecule has 18 heavy (non-hydrogen) atoms. The number of halogens is 1. The lowest BCUT2D eigenvalue weighted by atomic mass is 10.3. The Bertz CT molecular complexity index is 479. The highest BCUT2D eigenvalue weighted by Gasteiger charge is 1.99. The van der Waals surface area contributed by atoms with Crippen LogP contribution in [-0.4, -0.2) is 10.2 Å². The summed E-state index contributed by atoms with van der Waals surface area (Å²) in [6.45, 7) is 0. The summed E-state index contributed by atoms with van der Waals surface area (Å²) >= 11 is 10.2. The molecule has 0 bridgehead atoms. The highest BCUT2D eigenvalue weighted by molar-refractivity contribution is 7.79. The first kappa shape index (κ1) is 14.8. The third-order valence-corrected chi connectivity index (χ3v) is 2.84. The van der Waals surface area contributed by atoms with Crippen molar-refractivity contribution in [2.24, 2.45) is 5.90 Å². The number of nitrogens with two attached hydrogens (primary N) is 1. The molecule has 1 heterocycles. The van der Waals surface area contributed by atoms with Crippen LogP contribution in [0.2, 0.25) is 5.02 Å². The van der Waals surface area contributed by atoms with Gasteiger partial charge in [0.25, 0.3) is 0 Å². The lowest BCUT2D eigenvalue weighted by molar-refractivity contribution is 0.311. The van der Waals surface area contributed by atoms with E-state index in [1.165, 1.54) is 0 Å². The number of anilines is 2. The maximum absolute atomic E-state index is 6.50. The molecule has 0 aliphatic heterocycles. The maximum atomic E-state index is 6.50. The third kappa shape index (κ3) is 4.19. The Balaban J connectivity index is 0.000000771. The van der Waals surface area contributed by atoms with Crippen molar-refractivity contribution in [3.8, 4) is 0 Å². The van der Waals surface area contributed by atoms with E-state index in [0.717, 1.165) is 17.1 Å². The van der Waals surface area contributed by atoms with E-state index in [-0.39, 0.29) is 0 Å². The van der Waals surface area contributed by atoms with Gasteiger partial charge in [-0.15, -0.1) is 0 Å². The normalized spacial score (nSPS) is 9.33. The topological polar surface area (TPSA) is 71.2 Å². The Morgan fingerprint density at radius 3 is 2.50 bits per heavy atom. The minimum absolute atomic E-state index is 0.683. The second kappa shape index (κ2) is 7.94. The Labute approximate surface area is 116 Å². The SMILES string of the molecule is NO.SCc1ccc(Nc2ccccc2Cl)nc1. The summed E-state index contributed by atoms with van der Waals surface area (Å²) in [6.07, 6.45) is 1.80. The van der Waals surface area contributed by atoms with Crippen molar-refractivity contribution in [1.82, 2.24) is 4.98 Å². The molecule has 0 atom stereocenters. The summed E-state index contributed by atoms with van der Waals surface area (Å²) in [5, 5.41) is 10.3. The molecule has 0 radical (unpaired) electrons. The molecule has 0 saturated carbocycles. The fourth-order valence-corrected chi connectivity index (χ4v) is 1.66. The van der Waals surface area contributed by atoms with Crippen LogP contribution in [0.25, 0.3) is 0 Å². The summed E-state index contributed by atoms with van der Waals surface area (Å²) in [6, 6.07) is 11.5. The molecule has 2 aromatic rings. The van der Waals surface area contributed by atoms with Crippen LogP contribution in [0.4, 0.5) is 11.5 Å². The van der Waals surface area contributed by atoms with Gasteiger partial charge in [-0.25, -0.2) is 10.9 Å². The van der Waals surface area contributed by atoms with E-state index < -0.39 is 0 Å². The van der Waals surface area contributed by atoms with E-state index in [4.69, 9.17) is 16.8 Å². The molecule has 4 nitrogen and oxygen atoms in total. The summed E-state index contributed by atoms with van der Waals surface area (Å²) in [4.78, 5) is 4.27. The van der Waals surface area contributed by atoms with Crippen molar-refractivity contribution in [2.75, 3.05) is 5.32 Å². The van der Waals surface area contributed by atoms with Crippen molar-refractivity contribution in [2.45, 2.75) is 5.75 Å². The molecule has 0 unspecified atom stereocenters. The molecule has 0 aliphatic rings. The molecule has 0 amide bonds. The first-order valence-electron chi connectivity index (χ1n) is 5.13. The molecule has 0 fully saturated rings. The average Bonchev–Trinajstić information content (AvgIpc) is 2.44. The molecule has 0 saturated heterocycles. The number of hydrogen-bond acceptors (Lipinski definition) is 5. The van der Waals surface area contributed by atoms with Crippen LogP contribution in [0.15, 0.2) is 42.6 Å². The van der Waals surface area contributed by atoms with E-state index in [9.17, 15) is 0 Å². The van der Waals surface area contributed by atoms with Crippen molar-refractivity contribution in [3.05, 3.63) is 53.2 Å². The molecule has 0 spiro atoms. The number of pyridine rings is 1. The van der Waals surface area contributed by atoms with Crippen LogP contribution >= 0.6 is 24.2 Å². The maximum Gasteiger partial charge on any atom is 0.130 e. The summed E-state index contributed by atoms with van der Waals surface area (Å²) < 4.78 is 0. The van der Waals surface area contributed by atoms with E-state index >= 15 is 0 Å². The second-order valence-electron chi connectivity index (χ2n) is 3.31. The zero-order valence-electron chi connectivity index (χ0n) is 9.55. The highest BCUT2D eigenvalue weighted by atomic mass is 35.5. The van der Waals surface area contributed by atoms with Crippen molar-refractivity contribution in [1.29, 1.82) is 0 Å². The predicted octanol–water partition coefficient (Wildman–Crippen LogP) is 3.24. The van der Waals surface area contributed by atoms with Crippen LogP contribution in [-0.2, 0) is 5.75 Å². The van der Waals surface area contributed by atoms with Gasteiger partial charge in [-0.05, 0) is 23.8 Å². The van der Waals surface area contributed by atoms with Crippen LogP contribution in [0.5, 0.6) is 0 Å². The molecule has 2 rings (SSSR count). The van der Waals surface area contributed by atoms with Gasteiger partial charge in [0, 0.05) is 11.9 Å². The van der Waals surface area contributed by atoms with Crippen molar-refractivity contribution >= 4 is 35.7 Å². The summed E-state index contributed by atoms with van der Waals surface area (Å²) in [5.41, 5.74) is 1.95. The Kier molecular flexibility index (Phi) is 6.53. The number of thiol groups is 1. The lowest BCUT2D eigenvalue weighted by Gasteiger charge is -2.07. The highest BCUT2D eigenvalue weighted by Crippen LogP contribution is 2.23. The van der Waals surface area contributed by atoms with Gasteiger partial charge < -0.3 is 10.5 Å². The summed E-state index contributed by atoms with van der Waals surface area (Å²) in [5.74, 6) is 4.97. The van der Waals surface area contributed by atoms with Gasteiger partial charge in [-0.2, -0.15) is 12.6 Å². The monoisotopic (exact) mass is 283 g/mol. The average molecular weight is 284 g/mol. The number of rotatable bonds is 3. The van der Waals surface area contributed by atoms with Gasteiger partial charge in [0.15, 0.2) is 0 Å². The van der Waals surface area contributed by atoms with E-state index in [0.29, 0.717) is 10.8 Å². The van der Waals surface area contributed by atoms with Crippen LogP contribution < -0.4 is 11.2 Å². The van der Waals surface area contributed by atoms with Crippen LogP contribution in [0.3, 0.4) is 0 Å². The number of aromatic nitrogens is 1. The molecular weight excluding hydrogens is 270 g/mol. The summed E-state index contributed by atoms with van der Waals surface area (Å²) in [7, 11) is 0. The third-order valence-electron chi connectivity index (χ3n) is 2.14. The van der Waals surface area contributed by atoms with E-state index in [1.54, 1.807) is 6.20 Å². The standard InChI is InChI=1S/C12H11ClN2S.H3NO/c13-10-3-1-2-4-11(10)15-12-6-5-9(8-16)7-14-12;1-2/h1-7,16H,8H2,(H,14,15);2H,1H2. The van der Waals surface area contributed by atoms with Gasteiger partial charge in [0.05, 0.1) is 10.7 Å². The first-order chi connectivity index (χ1) is 8.79. The molecule has 1 aromatic heterocycles. The molecule has 6 heteroatoms. The molecule has 4 N–H and O–H groups in total. The Morgan fingerprint density at radius 2 is 1.94 bits per heavy atom. The Hall–Kier alpha value is -1.27. The number of para-hydroxylation sites is 1. The van der Waals surface area contributed by atoms with Crippen LogP contribution in [0.1, 0.15) is 5.56 Å². The van der Waals surface area contributed by atoms with E-state index in [2.05, 4.69) is 28.8 Å². The fourth-order valence-electron chi connectivity index (χ4n) is 1.29. The Morgan fingerprint density at radius 1 is 1.22 bits per heavy atom. The fraction of sp³-hybridized carbons (Fsp3) is 0.0833. The quantitative estimate of drug-likeness (QED) is 0.515. The van der Waals surface area contributed by atoms with Gasteiger partial charge in [-0.1, -0.05) is 29.8 Å². The molecule has 0 aliphatic carbocycles. The van der Waals surface area contributed by atoms with Crippen LogP contribution in [0, 0.1) is 0 Å². The largest absolute Gasteiger partial charge is 0.339 e. The number of nitrogens with one attached hydrogen (secondary N) is 1. The molecule has 1 aromatic carbocycles. The predicted molar refractivity (Wildman–Crippen MR) is 77.6 cm³/mol. The van der Waals surface area contributed by atoms with Gasteiger partial charge >= 0.3 is 0 Å². The van der Waals surface area contributed by atoms with E-state index in [1.807, 2.05) is 36.4 Å². The minimum Gasteiger partial charge on any atom is -0.339 e. The minimum atomic E-state index is 0.683. The zero-order valence-corrected chi connectivity index (χ0v) is 11.2. The first-order valence-corrected chi connectivity index (χ1v) is 6.14. The molecular formula is C12H14ClN3OS. The number of benzene rings is 1. The zero-order chi connectivity index (χ0) is 13.4. The lowest BCUT2D eigenvalue weighted by Crippen LogP contribution is -1.94. The van der Waals surface area contributed by atoms with Gasteiger partial charge in [0.1, 0.15) is 5.82 Å². The number of nitrogens with zero attached hydrogens (tertiary/aromatic N) is 1. The second-order valence-corrected chi connectivity index (χ2v) is 4.04. The smallest absolute Gasteiger partial charge is 0.130 e. The van der Waals surface area contributed by atoms with Gasteiger partial charge in [0.2, 0.25) is 0 Å².